The second-order valence-corrected chi connectivity index (χ2v) is 15.2. The number of ether oxygens (including phenoxy) is 3. The van der Waals surface area contributed by atoms with Crippen LogP contribution < -0.4 is 14.4 Å². The quantitative estimate of drug-likeness (QED) is 0.190. The molecule has 11 heteroatoms. The lowest BCUT2D eigenvalue weighted by Gasteiger charge is -2.40. The molecule has 0 spiro atoms. The van der Waals surface area contributed by atoms with Gasteiger partial charge in [-0.15, -0.1) is 0 Å². The number of phenolic OH excluding ortho intramolecular Hbond substituents is 1. The number of morpholine rings is 1. The standard InChI is InChI=1S/C45H43N5O6/c1-46-16-14-30-22-33(10-13-39(30)46)50(32-8-11-35(51)12-9-32)45(53)38-23-41(48-15-4-7-40(38)48)36-24-42-43(56-28-55-42)25-37(36)44(52)49-26-31-6-3-2-5-29(31)21-34(49)27-47-17-19-54-20-18-47/h2-3,5-6,8-14,16,22-25,34,51H,4,7,15,17-21,26-28H2,1H3/t34-/m0/s1. The Morgan fingerprint density at radius 3 is 2.43 bits per heavy atom. The first-order valence-electron chi connectivity index (χ1n) is 19.4. The van der Waals surface area contributed by atoms with Crippen LogP contribution in [0.5, 0.6) is 17.2 Å². The molecule has 10 rings (SSSR count). The van der Waals surface area contributed by atoms with Crippen LogP contribution in [0.15, 0.2) is 97.2 Å². The first kappa shape index (κ1) is 34.5. The number of hydrogen-bond donors (Lipinski definition) is 1. The number of rotatable bonds is 7. The molecule has 0 saturated carbocycles. The molecule has 2 amide bonds. The van der Waals surface area contributed by atoms with E-state index in [0.29, 0.717) is 60.2 Å². The molecule has 0 bridgehead atoms. The Bertz CT molecular complexity index is 2500. The highest BCUT2D eigenvalue weighted by Gasteiger charge is 2.36. The van der Waals surface area contributed by atoms with Crippen molar-refractivity contribution >= 4 is 34.1 Å². The highest BCUT2D eigenvalue weighted by Crippen LogP contribution is 2.43. The smallest absolute Gasteiger partial charge is 0.264 e. The van der Waals surface area contributed by atoms with Gasteiger partial charge in [0.25, 0.3) is 11.8 Å². The number of nitrogens with zero attached hydrogens (tertiary/aromatic N) is 5. The zero-order valence-electron chi connectivity index (χ0n) is 31.3. The normalized spacial score (nSPS) is 17.6. The van der Waals surface area contributed by atoms with Crippen molar-refractivity contribution in [3.8, 4) is 28.5 Å². The van der Waals surface area contributed by atoms with E-state index in [1.165, 1.54) is 5.56 Å². The van der Waals surface area contributed by atoms with E-state index in [2.05, 4.69) is 32.2 Å². The van der Waals surface area contributed by atoms with Gasteiger partial charge in [-0.2, -0.15) is 0 Å². The van der Waals surface area contributed by atoms with Crippen molar-refractivity contribution < 1.29 is 28.9 Å². The van der Waals surface area contributed by atoms with E-state index in [1.54, 1.807) is 29.2 Å². The lowest BCUT2D eigenvalue weighted by atomic mass is 9.92. The van der Waals surface area contributed by atoms with Crippen molar-refractivity contribution in [1.29, 1.82) is 0 Å². The van der Waals surface area contributed by atoms with Gasteiger partial charge in [0.15, 0.2) is 11.5 Å². The third-order valence-electron chi connectivity index (χ3n) is 11.9. The van der Waals surface area contributed by atoms with Crippen LogP contribution in [0, 0.1) is 0 Å². The predicted octanol–water partition coefficient (Wildman–Crippen LogP) is 6.91. The number of amides is 2. The van der Waals surface area contributed by atoms with E-state index >= 15 is 9.59 Å². The molecule has 1 saturated heterocycles. The Morgan fingerprint density at radius 2 is 1.61 bits per heavy atom. The van der Waals surface area contributed by atoms with Crippen LogP contribution >= 0.6 is 0 Å². The fraction of sp³-hybridized carbons (Fsp3) is 0.289. The third kappa shape index (κ3) is 5.98. The largest absolute Gasteiger partial charge is 0.508 e. The predicted molar refractivity (Wildman–Crippen MR) is 213 cm³/mol. The molecular weight excluding hydrogens is 707 g/mol. The second-order valence-electron chi connectivity index (χ2n) is 15.2. The van der Waals surface area contributed by atoms with Gasteiger partial charge < -0.3 is 33.4 Å². The van der Waals surface area contributed by atoms with E-state index in [-0.39, 0.29) is 30.4 Å². The molecule has 4 aliphatic rings. The number of anilines is 2. The average molecular weight is 750 g/mol. The SMILES string of the molecule is Cn1ccc2cc(N(C(=O)c3cc(-c4cc5c(cc4C(=O)N4Cc6ccccc6C[C@H]4CN4CCOCC4)OCO5)n4c3CCC4)c3ccc(O)cc3)ccc21. The first-order chi connectivity index (χ1) is 27.4. The molecule has 4 aliphatic heterocycles. The van der Waals surface area contributed by atoms with Crippen molar-refractivity contribution in [2.24, 2.45) is 7.05 Å². The Morgan fingerprint density at radius 1 is 0.839 bits per heavy atom. The molecule has 1 atom stereocenters. The molecule has 0 aliphatic carbocycles. The molecule has 1 N–H and O–H groups in total. The molecule has 4 aromatic carbocycles. The van der Waals surface area contributed by atoms with E-state index in [9.17, 15) is 5.11 Å². The molecule has 0 unspecified atom stereocenters. The van der Waals surface area contributed by atoms with Crippen LogP contribution in [0.3, 0.4) is 0 Å². The summed E-state index contributed by atoms with van der Waals surface area (Å²) in [4.78, 5) is 36.4. The summed E-state index contributed by atoms with van der Waals surface area (Å²) in [7, 11) is 2.00. The van der Waals surface area contributed by atoms with Crippen molar-refractivity contribution in [2.45, 2.75) is 38.4 Å². The van der Waals surface area contributed by atoms with Gasteiger partial charge in [0.2, 0.25) is 6.79 Å². The molecule has 2 aromatic heterocycles. The van der Waals surface area contributed by atoms with Crippen LogP contribution in [0.2, 0.25) is 0 Å². The number of benzene rings is 4. The second kappa shape index (κ2) is 13.9. The molecule has 284 valence electrons. The van der Waals surface area contributed by atoms with Gasteiger partial charge in [-0.3, -0.25) is 19.4 Å². The fourth-order valence-corrected chi connectivity index (χ4v) is 9.00. The minimum Gasteiger partial charge on any atom is -0.508 e. The lowest BCUT2D eigenvalue weighted by Crippen LogP contribution is -2.52. The van der Waals surface area contributed by atoms with Gasteiger partial charge >= 0.3 is 0 Å². The number of hydrogen-bond acceptors (Lipinski definition) is 7. The van der Waals surface area contributed by atoms with Gasteiger partial charge in [0.1, 0.15) is 5.75 Å². The summed E-state index contributed by atoms with van der Waals surface area (Å²) in [5.41, 5.74) is 8.39. The lowest BCUT2D eigenvalue weighted by molar-refractivity contribution is 0.0193. The minimum atomic E-state index is -0.185. The molecule has 6 aromatic rings. The van der Waals surface area contributed by atoms with Gasteiger partial charge in [0, 0.05) is 91.2 Å². The van der Waals surface area contributed by atoms with Crippen molar-refractivity contribution in [3.63, 3.8) is 0 Å². The Hall–Kier alpha value is -6.04. The molecule has 0 radical (unpaired) electrons. The third-order valence-corrected chi connectivity index (χ3v) is 11.9. The summed E-state index contributed by atoms with van der Waals surface area (Å²) < 4.78 is 21.7. The molecule has 6 heterocycles. The molecule has 1 fully saturated rings. The van der Waals surface area contributed by atoms with Crippen molar-refractivity contribution in [3.05, 3.63) is 125 Å². The maximum absolute atomic E-state index is 15.2. The fourth-order valence-electron chi connectivity index (χ4n) is 9.00. The number of aromatic nitrogens is 2. The zero-order chi connectivity index (χ0) is 37.9. The number of aromatic hydroxyl groups is 1. The van der Waals surface area contributed by atoms with Crippen molar-refractivity contribution in [1.82, 2.24) is 18.9 Å². The molecule has 11 nitrogen and oxygen atoms in total. The Balaban J connectivity index is 1.07. The van der Waals surface area contributed by atoms with Gasteiger partial charge in [-0.05, 0) is 97.1 Å². The Labute approximate surface area is 324 Å². The summed E-state index contributed by atoms with van der Waals surface area (Å²) in [6, 6.07) is 28.9. The van der Waals surface area contributed by atoms with Crippen LogP contribution in [0.4, 0.5) is 11.4 Å². The van der Waals surface area contributed by atoms with Gasteiger partial charge in [-0.25, -0.2) is 0 Å². The highest BCUT2D eigenvalue weighted by atomic mass is 16.7. The number of fused-ring (bicyclic) bond motifs is 4. The summed E-state index contributed by atoms with van der Waals surface area (Å²) in [5, 5.41) is 11.2. The van der Waals surface area contributed by atoms with Crippen molar-refractivity contribution in [2.75, 3.05) is 44.5 Å². The zero-order valence-corrected chi connectivity index (χ0v) is 31.3. The summed E-state index contributed by atoms with van der Waals surface area (Å²) in [6.07, 6.45) is 4.36. The number of aryl methyl sites for hydroxylation is 1. The highest BCUT2D eigenvalue weighted by molar-refractivity contribution is 6.13. The van der Waals surface area contributed by atoms with Crippen LogP contribution in [0.25, 0.3) is 22.2 Å². The first-order valence-corrected chi connectivity index (χ1v) is 19.4. The summed E-state index contributed by atoms with van der Waals surface area (Å²) >= 11 is 0. The van der Waals surface area contributed by atoms with Crippen LogP contribution in [0.1, 0.15) is 44.0 Å². The number of phenols is 1. The molecule has 56 heavy (non-hydrogen) atoms. The minimum absolute atomic E-state index is 0.0373. The van der Waals surface area contributed by atoms with E-state index in [0.717, 1.165) is 72.4 Å². The van der Waals surface area contributed by atoms with E-state index in [4.69, 9.17) is 14.2 Å². The van der Waals surface area contributed by atoms with Crippen LogP contribution in [-0.2, 0) is 37.7 Å². The average Bonchev–Trinajstić information content (AvgIpc) is 4.03. The maximum atomic E-state index is 15.2. The maximum Gasteiger partial charge on any atom is 0.264 e. The number of carbonyl (C=O) groups is 2. The molecular formula is C45H43N5O6. The van der Waals surface area contributed by atoms with Crippen LogP contribution in [-0.4, -0.2) is 81.5 Å². The van der Waals surface area contributed by atoms with E-state index < -0.39 is 0 Å². The number of carbonyl (C=O) groups excluding carboxylic acids is 2. The van der Waals surface area contributed by atoms with E-state index in [1.807, 2.05) is 66.7 Å². The monoisotopic (exact) mass is 749 g/mol. The Kier molecular flexibility index (Phi) is 8.56. The topological polar surface area (TPSA) is 102 Å². The summed E-state index contributed by atoms with van der Waals surface area (Å²) in [6.45, 7) is 5.10. The van der Waals surface area contributed by atoms with Gasteiger partial charge in [-0.1, -0.05) is 24.3 Å². The van der Waals surface area contributed by atoms with Gasteiger partial charge in [0.05, 0.1) is 24.3 Å². The summed E-state index contributed by atoms with van der Waals surface area (Å²) in [5.74, 6) is 0.979.